The third-order valence-electron chi connectivity index (χ3n) is 5.54. The van der Waals surface area contributed by atoms with E-state index in [4.69, 9.17) is 4.98 Å². The zero-order valence-corrected chi connectivity index (χ0v) is 19.5. The molecular formula is C27H22N4O2S. The predicted molar refractivity (Wildman–Crippen MR) is 138 cm³/mol. The second-order valence-corrected chi connectivity index (χ2v) is 9.36. The summed E-state index contributed by atoms with van der Waals surface area (Å²) in [5, 5.41) is 5.56. The van der Waals surface area contributed by atoms with E-state index in [0.29, 0.717) is 21.9 Å². The lowest BCUT2D eigenvalue weighted by atomic mass is 10.1. The molecule has 0 saturated heterocycles. The zero-order chi connectivity index (χ0) is 23.7. The van der Waals surface area contributed by atoms with E-state index < -0.39 is 5.25 Å². The summed E-state index contributed by atoms with van der Waals surface area (Å²) < 4.78 is 1.49. The van der Waals surface area contributed by atoms with Crippen LogP contribution in [0.25, 0.3) is 27.5 Å². The maximum atomic E-state index is 13.4. The topological polar surface area (TPSA) is 76.9 Å². The van der Waals surface area contributed by atoms with Gasteiger partial charge in [-0.05, 0) is 66.6 Å². The highest BCUT2D eigenvalue weighted by atomic mass is 32.2. The minimum Gasteiger partial charge on any atom is -0.325 e. The van der Waals surface area contributed by atoms with Crippen molar-refractivity contribution in [3.8, 4) is 5.82 Å². The van der Waals surface area contributed by atoms with Crippen LogP contribution in [0.3, 0.4) is 0 Å². The Labute approximate surface area is 200 Å². The lowest BCUT2D eigenvalue weighted by Crippen LogP contribution is -2.26. The number of thioether (sulfide) groups is 1. The standard InChI is InChI=1S/C27H22N4O2S/c1-17-13-14-28-24(15-17)31-26(33)22-9-5-6-10-23(22)30-27(31)34-18(2)25(32)29-21-12-11-19-7-3-4-8-20(19)16-21/h3-16,18H,1-2H3,(H,29,32). The number of aromatic nitrogens is 3. The first-order valence-electron chi connectivity index (χ1n) is 10.9. The molecule has 0 aliphatic rings. The summed E-state index contributed by atoms with van der Waals surface area (Å²) >= 11 is 1.23. The van der Waals surface area contributed by atoms with Crippen LogP contribution in [0.15, 0.2) is 95.0 Å². The number of carbonyl (C=O) groups excluding carboxylic acids is 1. The van der Waals surface area contributed by atoms with E-state index in [-0.39, 0.29) is 11.5 Å². The first-order valence-corrected chi connectivity index (χ1v) is 11.8. The molecule has 1 unspecified atom stereocenters. The molecule has 2 heterocycles. The molecule has 168 valence electrons. The Morgan fingerprint density at radius 1 is 0.971 bits per heavy atom. The number of anilines is 1. The Bertz CT molecular complexity index is 1600. The summed E-state index contributed by atoms with van der Waals surface area (Å²) in [4.78, 5) is 35.6. The third-order valence-corrected chi connectivity index (χ3v) is 6.60. The normalized spacial score (nSPS) is 12.1. The van der Waals surface area contributed by atoms with Crippen LogP contribution in [-0.4, -0.2) is 25.7 Å². The highest BCUT2D eigenvalue weighted by Gasteiger charge is 2.21. The van der Waals surface area contributed by atoms with Crippen LogP contribution in [0.4, 0.5) is 5.69 Å². The highest BCUT2D eigenvalue weighted by molar-refractivity contribution is 8.00. The van der Waals surface area contributed by atoms with E-state index in [1.165, 1.54) is 16.3 Å². The summed E-state index contributed by atoms with van der Waals surface area (Å²) in [5.41, 5.74) is 2.07. The molecule has 0 aliphatic carbocycles. The lowest BCUT2D eigenvalue weighted by molar-refractivity contribution is -0.115. The van der Waals surface area contributed by atoms with Crippen molar-refractivity contribution >= 4 is 45.0 Å². The summed E-state index contributed by atoms with van der Waals surface area (Å²) in [7, 11) is 0. The molecule has 0 aliphatic heterocycles. The molecule has 0 radical (unpaired) electrons. The van der Waals surface area contributed by atoms with Gasteiger partial charge in [-0.3, -0.25) is 9.59 Å². The minimum absolute atomic E-state index is 0.175. The van der Waals surface area contributed by atoms with Gasteiger partial charge in [0, 0.05) is 11.9 Å². The number of pyridine rings is 1. The molecule has 6 nitrogen and oxygen atoms in total. The average molecular weight is 467 g/mol. The minimum atomic E-state index is -0.504. The summed E-state index contributed by atoms with van der Waals surface area (Å²) in [5.74, 6) is 0.305. The molecule has 0 bridgehead atoms. The van der Waals surface area contributed by atoms with Gasteiger partial charge in [-0.2, -0.15) is 0 Å². The number of nitrogens with one attached hydrogen (secondary N) is 1. The van der Waals surface area contributed by atoms with Crippen LogP contribution in [-0.2, 0) is 4.79 Å². The Morgan fingerprint density at radius 3 is 2.56 bits per heavy atom. The molecule has 2 aromatic heterocycles. The molecule has 1 atom stereocenters. The maximum Gasteiger partial charge on any atom is 0.267 e. The monoisotopic (exact) mass is 466 g/mol. The fourth-order valence-electron chi connectivity index (χ4n) is 3.76. The van der Waals surface area contributed by atoms with E-state index >= 15 is 0 Å². The van der Waals surface area contributed by atoms with Gasteiger partial charge < -0.3 is 5.32 Å². The van der Waals surface area contributed by atoms with Crippen molar-refractivity contribution in [1.82, 2.24) is 14.5 Å². The number of aryl methyl sites for hydroxylation is 1. The van der Waals surface area contributed by atoms with Crippen LogP contribution in [0.2, 0.25) is 0 Å². The summed E-state index contributed by atoms with van der Waals surface area (Å²) in [6.07, 6.45) is 1.66. The largest absolute Gasteiger partial charge is 0.325 e. The third kappa shape index (κ3) is 4.30. The van der Waals surface area contributed by atoms with Gasteiger partial charge in [0.15, 0.2) is 5.16 Å². The lowest BCUT2D eigenvalue weighted by Gasteiger charge is -2.16. The number of para-hydroxylation sites is 1. The fraction of sp³-hybridized carbons (Fsp3) is 0.111. The SMILES string of the molecule is Cc1ccnc(-n2c(SC(C)C(=O)Nc3ccc4ccccc4c3)nc3ccccc3c2=O)c1. The highest BCUT2D eigenvalue weighted by Crippen LogP contribution is 2.26. The predicted octanol–water partition coefficient (Wildman–Crippen LogP) is 5.36. The molecule has 0 saturated carbocycles. The number of amides is 1. The fourth-order valence-corrected chi connectivity index (χ4v) is 4.67. The van der Waals surface area contributed by atoms with E-state index in [1.54, 1.807) is 25.3 Å². The van der Waals surface area contributed by atoms with Gasteiger partial charge in [-0.1, -0.05) is 54.2 Å². The number of nitrogens with zero attached hydrogens (tertiary/aromatic N) is 3. The number of rotatable bonds is 5. The summed E-state index contributed by atoms with van der Waals surface area (Å²) in [6, 6.07) is 24.7. The molecule has 5 rings (SSSR count). The van der Waals surface area contributed by atoms with Crippen LogP contribution in [0.5, 0.6) is 0 Å². The first-order chi connectivity index (χ1) is 16.5. The van der Waals surface area contributed by atoms with E-state index in [9.17, 15) is 9.59 Å². The van der Waals surface area contributed by atoms with E-state index in [2.05, 4.69) is 10.3 Å². The second kappa shape index (κ2) is 9.11. The van der Waals surface area contributed by atoms with Gasteiger partial charge in [0.25, 0.3) is 5.56 Å². The Hall–Kier alpha value is -3.97. The van der Waals surface area contributed by atoms with Gasteiger partial charge in [0.1, 0.15) is 5.82 Å². The molecule has 0 spiro atoms. The van der Waals surface area contributed by atoms with Crippen molar-refractivity contribution in [2.45, 2.75) is 24.3 Å². The number of carbonyl (C=O) groups is 1. The van der Waals surface area contributed by atoms with Crippen molar-refractivity contribution in [3.05, 3.63) is 101 Å². The van der Waals surface area contributed by atoms with E-state index in [0.717, 1.165) is 22.0 Å². The number of hydrogen-bond acceptors (Lipinski definition) is 5. The molecule has 1 amide bonds. The molecular weight excluding hydrogens is 444 g/mol. The number of fused-ring (bicyclic) bond motifs is 2. The van der Waals surface area contributed by atoms with Gasteiger partial charge in [-0.25, -0.2) is 14.5 Å². The molecule has 5 aromatic rings. The Balaban J connectivity index is 1.48. The molecule has 0 fully saturated rings. The van der Waals surface area contributed by atoms with Gasteiger partial charge in [-0.15, -0.1) is 0 Å². The molecule has 34 heavy (non-hydrogen) atoms. The van der Waals surface area contributed by atoms with E-state index in [1.807, 2.05) is 73.7 Å². The molecule has 7 heteroatoms. The number of benzene rings is 3. The maximum absolute atomic E-state index is 13.4. The average Bonchev–Trinajstić information content (AvgIpc) is 2.84. The molecule has 1 N–H and O–H groups in total. The van der Waals surface area contributed by atoms with Crippen molar-refractivity contribution < 1.29 is 4.79 Å². The van der Waals surface area contributed by atoms with Crippen LogP contribution >= 0.6 is 11.8 Å². The Morgan fingerprint density at radius 2 is 1.74 bits per heavy atom. The Kier molecular flexibility index (Phi) is 5.86. The van der Waals surface area contributed by atoms with Gasteiger partial charge in [0.05, 0.1) is 16.2 Å². The van der Waals surface area contributed by atoms with Crippen LogP contribution < -0.4 is 10.9 Å². The van der Waals surface area contributed by atoms with Crippen molar-refractivity contribution in [2.24, 2.45) is 0 Å². The van der Waals surface area contributed by atoms with Crippen LogP contribution in [0.1, 0.15) is 12.5 Å². The van der Waals surface area contributed by atoms with Crippen molar-refractivity contribution in [1.29, 1.82) is 0 Å². The first kappa shape index (κ1) is 21.9. The quantitative estimate of drug-likeness (QED) is 0.279. The van der Waals surface area contributed by atoms with Gasteiger partial charge in [0.2, 0.25) is 5.91 Å². The molecule has 3 aromatic carbocycles. The van der Waals surface area contributed by atoms with Gasteiger partial charge >= 0.3 is 0 Å². The van der Waals surface area contributed by atoms with Crippen LogP contribution in [0, 0.1) is 6.92 Å². The zero-order valence-electron chi connectivity index (χ0n) is 18.7. The summed E-state index contributed by atoms with van der Waals surface area (Å²) in [6.45, 7) is 3.74. The van der Waals surface area contributed by atoms with Crippen molar-refractivity contribution in [2.75, 3.05) is 5.32 Å². The smallest absolute Gasteiger partial charge is 0.267 e. The number of hydrogen-bond donors (Lipinski definition) is 1. The second-order valence-electron chi connectivity index (χ2n) is 8.05. The van der Waals surface area contributed by atoms with Crippen molar-refractivity contribution in [3.63, 3.8) is 0 Å².